The van der Waals surface area contributed by atoms with Crippen LogP contribution in [0.3, 0.4) is 0 Å². The molecule has 6 nitrogen and oxygen atoms in total. The van der Waals surface area contributed by atoms with Crippen LogP contribution in [-0.4, -0.2) is 35.8 Å². The smallest absolute Gasteiger partial charge is 0.257 e. The molecule has 1 aliphatic rings. The molecule has 0 aromatic heterocycles. The minimum absolute atomic E-state index is 0.00434. The van der Waals surface area contributed by atoms with E-state index in [0.717, 1.165) is 11.3 Å². The number of anilines is 1. The molecule has 1 atom stereocenters. The van der Waals surface area contributed by atoms with E-state index >= 15 is 0 Å². The minimum Gasteiger partial charge on any atom is -0.497 e. The summed E-state index contributed by atoms with van der Waals surface area (Å²) in [5, 5.41) is 0. The van der Waals surface area contributed by atoms with E-state index in [1.807, 2.05) is 30.3 Å². The predicted molar refractivity (Wildman–Crippen MR) is 101 cm³/mol. The predicted octanol–water partition coefficient (Wildman–Crippen LogP) is 2.77. The van der Waals surface area contributed by atoms with E-state index in [1.54, 1.807) is 38.3 Å². The second-order valence-corrected chi connectivity index (χ2v) is 6.35. The highest BCUT2D eigenvalue weighted by molar-refractivity contribution is 6.23. The second-order valence-electron chi connectivity index (χ2n) is 6.35. The zero-order valence-electron chi connectivity index (χ0n) is 15.4. The number of carbonyl (C=O) groups is 3. The number of carbonyl (C=O) groups excluding carboxylic acids is 3. The first-order valence-electron chi connectivity index (χ1n) is 8.89. The number of methoxy groups -OCH3 is 1. The quantitative estimate of drug-likeness (QED) is 0.738. The lowest BCUT2D eigenvalue weighted by molar-refractivity contribution is -0.138. The normalized spacial score (nSPS) is 16.5. The average molecular weight is 366 g/mol. The molecular weight excluding hydrogens is 344 g/mol. The Kier molecular flexibility index (Phi) is 5.54. The van der Waals surface area contributed by atoms with Gasteiger partial charge in [0.1, 0.15) is 11.8 Å². The molecule has 1 aliphatic heterocycles. The van der Waals surface area contributed by atoms with Crippen molar-refractivity contribution in [2.24, 2.45) is 0 Å². The van der Waals surface area contributed by atoms with Crippen LogP contribution >= 0.6 is 0 Å². The molecule has 2 aromatic rings. The van der Waals surface area contributed by atoms with Gasteiger partial charge in [0.25, 0.3) is 5.91 Å². The fraction of sp³-hybridized carbons (Fsp3) is 0.286. The fourth-order valence-electron chi connectivity index (χ4n) is 3.21. The van der Waals surface area contributed by atoms with E-state index in [0.29, 0.717) is 5.69 Å². The van der Waals surface area contributed by atoms with E-state index in [1.165, 1.54) is 9.80 Å². The van der Waals surface area contributed by atoms with Gasteiger partial charge < -0.3 is 9.64 Å². The summed E-state index contributed by atoms with van der Waals surface area (Å²) in [5.74, 6) is -0.0947. The van der Waals surface area contributed by atoms with Crippen LogP contribution in [0.2, 0.25) is 0 Å². The van der Waals surface area contributed by atoms with Crippen LogP contribution < -0.4 is 9.64 Å². The van der Waals surface area contributed by atoms with Crippen molar-refractivity contribution in [2.45, 2.75) is 32.4 Å². The Morgan fingerprint density at radius 3 is 2.37 bits per heavy atom. The summed E-state index contributed by atoms with van der Waals surface area (Å²) in [6.45, 7) is 2.02. The molecule has 0 N–H and O–H groups in total. The number of para-hydroxylation sites is 1. The van der Waals surface area contributed by atoms with Gasteiger partial charge in [-0.25, -0.2) is 4.90 Å². The van der Waals surface area contributed by atoms with Crippen LogP contribution in [0.4, 0.5) is 5.69 Å². The summed E-state index contributed by atoms with van der Waals surface area (Å²) < 4.78 is 5.15. The van der Waals surface area contributed by atoms with Crippen molar-refractivity contribution < 1.29 is 19.1 Å². The highest BCUT2D eigenvalue weighted by Gasteiger charge is 2.43. The molecule has 0 bridgehead atoms. The van der Waals surface area contributed by atoms with Gasteiger partial charge in [0.2, 0.25) is 11.8 Å². The van der Waals surface area contributed by atoms with E-state index in [2.05, 4.69) is 0 Å². The van der Waals surface area contributed by atoms with Crippen LogP contribution in [0.25, 0.3) is 0 Å². The number of hydrogen-bond donors (Lipinski definition) is 0. The zero-order chi connectivity index (χ0) is 19.4. The molecule has 1 saturated heterocycles. The standard InChI is InChI=1S/C21H22N2O4/c1-3-19(24)22(14-15-9-11-17(27-2)12-10-15)18-13-20(25)23(21(18)26)16-7-5-4-6-8-16/h4-12,18H,3,13-14H2,1-2H3. The van der Waals surface area contributed by atoms with E-state index in [-0.39, 0.29) is 37.1 Å². The lowest BCUT2D eigenvalue weighted by Crippen LogP contribution is -2.44. The average Bonchev–Trinajstić information content (AvgIpc) is 3.00. The summed E-state index contributed by atoms with van der Waals surface area (Å²) in [5.41, 5.74) is 1.40. The second kappa shape index (κ2) is 8.03. The minimum atomic E-state index is -0.785. The van der Waals surface area contributed by atoms with Crippen LogP contribution in [0.15, 0.2) is 54.6 Å². The van der Waals surface area contributed by atoms with E-state index in [4.69, 9.17) is 4.74 Å². The van der Waals surface area contributed by atoms with Gasteiger partial charge in [-0.15, -0.1) is 0 Å². The molecule has 27 heavy (non-hydrogen) atoms. The van der Waals surface area contributed by atoms with Crippen molar-refractivity contribution in [1.82, 2.24) is 4.90 Å². The third kappa shape index (κ3) is 3.84. The van der Waals surface area contributed by atoms with Gasteiger partial charge in [0.05, 0.1) is 19.2 Å². The molecule has 3 amide bonds. The number of nitrogens with zero attached hydrogens (tertiary/aromatic N) is 2. The highest BCUT2D eigenvalue weighted by atomic mass is 16.5. The third-order valence-electron chi connectivity index (χ3n) is 4.65. The van der Waals surface area contributed by atoms with Crippen molar-refractivity contribution in [1.29, 1.82) is 0 Å². The van der Waals surface area contributed by atoms with Crippen molar-refractivity contribution in [3.8, 4) is 5.75 Å². The molecule has 3 rings (SSSR count). The van der Waals surface area contributed by atoms with E-state index in [9.17, 15) is 14.4 Å². The summed E-state index contributed by atoms with van der Waals surface area (Å²) in [4.78, 5) is 40.7. The first-order chi connectivity index (χ1) is 13.0. The molecule has 0 radical (unpaired) electrons. The summed E-state index contributed by atoms with van der Waals surface area (Å²) in [6, 6.07) is 15.3. The maximum absolute atomic E-state index is 13.0. The van der Waals surface area contributed by atoms with Crippen LogP contribution in [0, 0.1) is 0 Å². The van der Waals surface area contributed by atoms with Gasteiger partial charge >= 0.3 is 0 Å². The lowest BCUT2D eigenvalue weighted by Gasteiger charge is -2.27. The molecular formula is C21H22N2O4. The van der Waals surface area contributed by atoms with E-state index < -0.39 is 6.04 Å². The van der Waals surface area contributed by atoms with Gasteiger partial charge in [-0.1, -0.05) is 37.3 Å². The van der Waals surface area contributed by atoms with Crippen molar-refractivity contribution in [3.05, 3.63) is 60.2 Å². The Morgan fingerprint density at radius 1 is 1.11 bits per heavy atom. The Balaban J connectivity index is 1.85. The number of hydrogen-bond acceptors (Lipinski definition) is 4. The molecule has 1 unspecified atom stereocenters. The van der Waals surface area contributed by atoms with Gasteiger partial charge in [0, 0.05) is 13.0 Å². The maximum Gasteiger partial charge on any atom is 0.257 e. The molecule has 0 spiro atoms. The number of rotatable bonds is 6. The largest absolute Gasteiger partial charge is 0.497 e. The number of ether oxygens (including phenoxy) is 1. The topological polar surface area (TPSA) is 66.9 Å². The van der Waals surface area contributed by atoms with Gasteiger partial charge in [0.15, 0.2) is 0 Å². The lowest BCUT2D eigenvalue weighted by atomic mass is 10.1. The Bertz CT molecular complexity index is 833. The Morgan fingerprint density at radius 2 is 1.78 bits per heavy atom. The molecule has 0 saturated carbocycles. The SMILES string of the molecule is CCC(=O)N(Cc1ccc(OC)cc1)C1CC(=O)N(c2ccccc2)C1=O. The maximum atomic E-state index is 13.0. The van der Waals surface area contributed by atoms with Crippen LogP contribution in [0.5, 0.6) is 5.75 Å². The first kappa shape index (κ1) is 18.6. The molecule has 1 fully saturated rings. The van der Waals surface area contributed by atoms with Gasteiger partial charge in [-0.2, -0.15) is 0 Å². The Labute approximate surface area is 158 Å². The molecule has 1 heterocycles. The van der Waals surface area contributed by atoms with Crippen LogP contribution in [0.1, 0.15) is 25.3 Å². The fourth-order valence-corrected chi connectivity index (χ4v) is 3.21. The van der Waals surface area contributed by atoms with Gasteiger partial charge in [-0.3, -0.25) is 14.4 Å². The molecule has 140 valence electrons. The highest BCUT2D eigenvalue weighted by Crippen LogP contribution is 2.27. The number of benzene rings is 2. The molecule has 6 heteroatoms. The Hall–Kier alpha value is -3.15. The van der Waals surface area contributed by atoms with Crippen LogP contribution in [-0.2, 0) is 20.9 Å². The van der Waals surface area contributed by atoms with Gasteiger partial charge in [-0.05, 0) is 29.8 Å². The van der Waals surface area contributed by atoms with Crippen molar-refractivity contribution >= 4 is 23.4 Å². The van der Waals surface area contributed by atoms with Crippen molar-refractivity contribution in [2.75, 3.05) is 12.0 Å². The molecule has 0 aliphatic carbocycles. The number of amides is 3. The first-order valence-corrected chi connectivity index (χ1v) is 8.89. The summed E-state index contributed by atoms with van der Waals surface area (Å²) in [6.07, 6.45) is 0.259. The number of imide groups is 1. The monoisotopic (exact) mass is 366 g/mol. The summed E-state index contributed by atoms with van der Waals surface area (Å²) >= 11 is 0. The zero-order valence-corrected chi connectivity index (χ0v) is 15.4. The summed E-state index contributed by atoms with van der Waals surface area (Å²) in [7, 11) is 1.59. The molecule has 2 aromatic carbocycles. The third-order valence-corrected chi connectivity index (χ3v) is 4.65. The van der Waals surface area contributed by atoms with Crippen molar-refractivity contribution in [3.63, 3.8) is 0 Å².